The van der Waals surface area contributed by atoms with Gasteiger partial charge in [0.25, 0.3) is 0 Å². The lowest BCUT2D eigenvalue weighted by Crippen LogP contribution is -2.13. The van der Waals surface area contributed by atoms with Crippen LogP contribution in [0.15, 0.2) is 30.9 Å². The van der Waals surface area contributed by atoms with Crippen molar-refractivity contribution in [2.45, 2.75) is 46.0 Å². The van der Waals surface area contributed by atoms with Crippen molar-refractivity contribution in [3.8, 4) is 11.5 Å². The second kappa shape index (κ2) is 7.89. The molecule has 3 rings (SSSR count). The SMILES string of the molecule is C=C[C@H]1c2c(C)sc(C(=O)CCc3ccc(O)cc3OC)c2C[C@H]1C(C)C. The average Bonchev–Trinajstić information content (AvgIpc) is 3.18. The Morgan fingerprint density at radius 1 is 1.44 bits per heavy atom. The molecule has 0 bridgehead atoms. The number of hydrogen-bond acceptors (Lipinski definition) is 4. The first-order chi connectivity index (χ1) is 12.9. The maximum atomic E-state index is 13.0. The number of methoxy groups -OCH3 is 1. The highest BCUT2D eigenvalue weighted by Gasteiger charge is 2.37. The number of Topliss-reactive ketones (excluding diaryl/α,β-unsaturated/α-hetero) is 1. The van der Waals surface area contributed by atoms with Crippen molar-refractivity contribution in [1.29, 1.82) is 0 Å². The molecular formula is C23H28O3S. The molecule has 144 valence electrons. The van der Waals surface area contributed by atoms with Crippen LogP contribution in [0.3, 0.4) is 0 Å². The molecule has 0 aliphatic heterocycles. The zero-order valence-electron chi connectivity index (χ0n) is 16.5. The van der Waals surface area contributed by atoms with Crippen LogP contribution >= 0.6 is 11.3 Å². The summed E-state index contributed by atoms with van der Waals surface area (Å²) in [6.07, 6.45) is 4.08. The molecule has 2 atom stereocenters. The number of thiophene rings is 1. The van der Waals surface area contributed by atoms with Gasteiger partial charge in [-0.2, -0.15) is 0 Å². The van der Waals surface area contributed by atoms with Gasteiger partial charge in [-0.3, -0.25) is 4.79 Å². The van der Waals surface area contributed by atoms with E-state index in [1.165, 1.54) is 16.0 Å². The van der Waals surface area contributed by atoms with Crippen molar-refractivity contribution in [2.75, 3.05) is 7.11 Å². The number of aromatic hydroxyl groups is 1. The molecule has 1 aromatic heterocycles. The Kier molecular flexibility index (Phi) is 5.75. The van der Waals surface area contributed by atoms with Gasteiger partial charge in [-0.05, 0) is 54.4 Å². The highest BCUT2D eigenvalue weighted by molar-refractivity contribution is 7.14. The van der Waals surface area contributed by atoms with E-state index in [0.29, 0.717) is 36.3 Å². The van der Waals surface area contributed by atoms with Crippen molar-refractivity contribution >= 4 is 17.1 Å². The number of ether oxygens (including phenoxy) is 1. The molecule has 3 nitrogen and oxygen atoms in total. The second-order valence-electron chi connectivity index (χ2n) is 7.67. The number of allylic oxidation sites excluding steroid dienone is 1. The van der Waals surface area contributed by atoms with Crippen LogP contribution in [-0.2, 0) is 12.8 Å². The molecule has 1 aliphatic rings. The second-order valence-corrected chi connectivity index (χ2v) is 8.90. The number of carbonyl (C=O) groups excluding carboxylic acids is 1. The van der Waals surface area contributed by atoms with Crippen LogP contribution in [0.5, 0.6) is 11.5 Å². The fraction of sp³-hybridized carbons (Fsp3) is 0.435. The van der Waals surface area contributed by atoms with Gasteiger partial charge in [-0.15, -0.1) is 17.9 Å². The number of aryl methyl sites for hydroxylation is 2. The van der Waals surface area contributed by atoms with E-state index in [0.717, 1.165) is 16.9 Å². The van der Waals surface area contributed by atoms with Gasteiger partial charge < -0.3 is 9.84 Å². The standard InChI is InChI=1S/C23H28O3S/c1-6-17-18(13(2)3)12-19-22(17)14(4)27-23(19)20(25)10-8-15-7-9-16(24)11-21(15)26-5/h6-7,9,11,13,17-18,24H,1,8,10,12H2,2-5H3/t17-,18+/m1/s1. The van der Waals surface area contributed by atoms with Crippen molar-refractivity contribution in [2.24, 2.45) is 11.8 Å². The Morgan fingerprint density at radius 2 is 2.19 bits per heavy atom. The summed E-state index contributed by atoms with van der Waals surface area (Å²) in [5, 5.41) is 9.60. The molecule has 1 heterocycles. The zero-order chi connectivity index (χ0) is 19.7. The highest BCUT2D eigenvalue weighted by atomic mass is 32.1. The molecule has 0 amide bonds. The minimum atomic E-state index is 0.170. The van der Waals surface area contributed by atoms with Crippen molar-refractivity contribution < 1.29 is 14.6 Å². The van der Waals surface area contributed by atoms with E-state index in [1.807, 2.05) is 6.07 Å². The van der Waals surface area contributed by atoms with Crippen LogP contribution in [0.1, 0.15) is 57.4 Å². The summed E-state index contributed by atoms with van der Waals surface area (Å²) >= 11 is 1.64. The first-order valence-corrected chi connectivity index (χ1v) is 10.3. The molecule has 1 aliphatic carbocycles. The lowest BCUT2D eigenvalue weighted by molar-refractivity contribution is 0.0985. The highest BCUT2D eigenvalue weighted by Crippen LogP contribution is 2.48. The van der Waals surface area contributed by atoms with Crippen molar-refractivity contribution in [1.82, 2.24) is 0 Å². The summed E-state index contributed by atoms with van der Waals surface area (Å²) in [5.41, 5.74) is 3.54. The first kappa shape index (κ1) is 19.7. The smallest absolute Gasteiger partial charge is 0.173 e. The number of carbonyl (C=O) groups is 1. The lowest BCUT2D eigenvalue weighted by Gasteiger charge is -2.21. The molecule has 0 radical (unpaired) electrons. The first-order valence-electron chi connectivity index (χ1n) is 9.51. The number of ketones is 1. The topological polar surface area (TPSA) is 46.5 Å². The lowest BCUT2D eigenvalue weighted by atomic mass is 9.84. The maximum absolute atomic E-state index is 13.0. The average molecular weight is 385 g/mol. The van der Waals surface area contributed by atoms with E-state index in [4.69, 9.17) is 4.74 Å². The van der Waals surface area contributed by atoms with Crippen molar-refractivity contribution in [3.63, 3.8) is 0 Å². The van der Waals surface area contributed by atoms with Gasteiger partial charge in [0.2, 0.25) is 0 Å². The van der Waals surface area contributed by atoms with Gasteiger partial charge in [-0.1, -0.05) is 26.0 Å². The predicted octanol–water partition coefficient (Wildman–Crippen LogP) is 5.68. The predicted molar refractivity (Wildman–Crippen MR) is 111 cm³/mol. The van der Waals surface area contributed by atoms with Crippen LogP contribution < -0.4 is 4.74 Å². The summed E-state index contributed by atoms with van der Waals surface area (Å²) in [5.74, 6) is 2.45. The molecule has 0 spiro atoms. The third-order valence-corrected chi connectivity index (χ3v) is 6.93. The molecule has 1 N–H and O–H groups in total. The van der Waals surface area contributed by atoms with Gasteiger partial charge in [0.05, 0.1) is 12.0 Å². The summed E-state index contributed by atoms with van der Waals surface area (Å²) in [6.45, 7) is 10.7. The maximum Gasteiger partial charge on any atom is 0.173 e. The van der Waals surface area contributed by atoms with Gasteiger partial charge in [0.1, 0.15) is 11.5 Å². The third-order valence-electron chi connectivity index (χ3n) is 5.72. The molecule has 0 saturated heterocycles. The summed E-state index contributed by atoms with van der Waals surface area (Å²) in [4.78, 5) is 15.2. The van der Waals surface area contributed by atoms with Crippen LogP contribution in [0.4, 0.5) is 0 Å². The monoisotopic (exact) mass is 384 g/mol. The Balaban J connectivity index is 1.82. The fourth-order valence-electron chi connectivity index (χ4n) is 4.29. The molecule has 1 aromatic carbocycles. The minimum Gasteiger partial charge on any atom is -0.508 e. The van der Waals surface area contributed by atoms with Gasteiger partial charge >= 0.3 is 0 Å². The Hall–Kier alpha value is -2.07. The number of phenolic OH excluding ortho intramolecular Hbond substituents is 1. The zero-order valence-corrected chi connectivity index (χ0v) is 17.4. The Labute approximate surface area is 165 Å². The molecule has 0 fully saturated rings. The summed E-state index contributed by atoms with van der Waals surface area (Å²) < 4.78 is 5.33. The molecule has 0 unspecified atom stereocenters. The largest absolute Gasteiger partial charge is 0.508 e. The summed E-state index contributed by atoms with van der Waals surface area (Å²) in [6, 6.07) is 5.06. The third kappa shape index (κ3) is 3.68. The van der Waals surface area contributed by atoms with E-state index in [9.17, 15) is 9.90 Å². The van der Waals surface area contributed by atoms with E-state index in [2.05, 4.69) is 33.4 Å². The molecule has 4 heteroatoms. The molecule has 0 saturated carbocycles. The Bertz CT molecular complexity index is 863. The van der Waals surface area contributed by atoms with Gasteiger partial charge in [-0.25, -0.2) is 0 Å². The van der Waals surface area contributed by atoms with Crippen LogP contribution in [0.2, 0.25) is 0 Å². The van der Waals surface area contributed by atoms with Crippen LogP contribution in [0.25, 0.3) is 0 Å². The minimum absolute atomic E-state index is 0.170. The van der Waals surface area contributed by atoms with Gasteiger partial charge in [0.15, 0.2) is 5.78 Å². The molecule has 2 aromatic rings. The number of rotatable bonds is 7. The summed E-state index contributed by atoms with van der Waals surface area (Å²) in [7, 11) is 1.58. The number of benzene rings is 1. The number of fused-ring (bicyclic) bond motifs is 1. The molecule has 27 heavy (non-hydrogen) atoms. The fourth-order valence-corrected chi connectivity index (χ4v) is 5.50. The van der Waals surface area contributed by atoms with E-state index >= 15 is 0 Å². The van der Waals surface area contributed by atoms with Crippen LogP contribution in [-0.4, -0.2) is 18.0 Å². The van der Waals surface area contributed by atoms with Crippen LogP contribution in [0, 0.1) is 18.8 Å². The molecular weight excluding hydrogens is 356 g/mol. The number of phenols is 1. The Morgan fingerprint density at radius 3 is 2.81 bits per heavy atom. The van der Waals surface area contributed by atoms with Crippen molar-refractivity contribution in [3.05, 3.63) is 57.3 Å². The normalized spacial score (nSPS) is 18.6. The van der Waals surface area contributed by atoms with E-state index < -0.39 is 0 Å². The number of hydrogen-bond donors (Lipinski definition) is 1. The van der Waals surface area contributed by atoms with E-state index in [-0.39, 0.29) is 11.5 Å². The van der Waals surface area contributed by atoms with Gasteiger partial charge in [0, 0.05) is 23.3 Å². The van der Waals surface area contributed by atoms with E-state index in [1.54, 1.807) is 30.6 Å². The quantitative estimate of drug-likeness (QED) is 0.493.